The molecule has 1 aliphatic heterocycles. The van der Waals surface area contributed by atoms with Crippen molar-refractivity contribution >= 4 is 5.91 Å². The molecule has 2 aromatic carbocycles. The molecule has 2 fully saturated rings. The molecule has 1 amide bonds. The van der Waals surface area contributed by atoms with Crippen LogP contribution in [0.1, 0.15) is 65.0 Å². The molecule has 0 radical (unpaired) electrons. The molecule has 8 nitrogen and oxygen atoms in total. The van der Waals surface area contributed by atoms with E-state index in [1.165, 1.54) is 0 Å². The fourth-order valence-corrected chi connectivity index (χ4v) is 7.44. The zero-order chi connectivity index (χ0) is 27.4. The van der Waals surface area contributed by atoms with Crippen molar-refractivity contribution in [3.8, 4) is 22.8 Å². The zero-order valence-corrected chi connectivity index (χ0v) is 22.6. The molecule has 1 saturated heterocycles. The van der Waals surface area contributed by atoms with Gasteiger partial charge in [-0.1, -0.05) is 43.2 Å². The fourth-order valence-electron chi connectivity index (χ4n) is 7.44. The highest BCUT2D eigenvalue weighted by molar-refractivity contribution is 5.97. The van der Waals surface area contributed by atoms with Gasteiger partial charge < -0.3 is 25.5 Å². The number of aromatic nitrogens is 2. The number of carbonyl (C=O) groups is 1. The number of rotatable bonds is 5. The molecule has 2 bridgehead atoms. The van der Waals surface area contributed by atoms with Gasteiger partial charge in [-0.05, 0) is 75.4 Å². The molecular formula is C31H36N4O4. The smallest absolute Gasteiger partial charge is 0.255 e. The van der Waals surface area contributed by atoms with Crippen molar-refractivity contribution in [2.24, 2.45) is 0 Å². The number of benzene rings is 2. The van der Waals surface area contributed by atoms with E-state index in [-0.39, 0.29) is 29.1 Å². The van der Waals surface area contributed by atoms with Gasteiger partial charge in [-0.2, -0.15) is 4.98 Å². The van der Waals surface area contributed by atoms with Gasteiger partial charge in [-0.15, -0.1) is 0 Å². The molecule has 1 saturated carbocycles. The Labute approximate surface area is 228 Å². The van der Waals surface area contributed by atoms with E-state index in [0.29, 0.717) is 30.8 Å². The molecule has 2 aliphatic carbocycles. The predicted octanol–water partition coefficient (Wildman–Crippen LogP) is 3.64. The first-order valence-electron chi connectivity index (χ1n) is 13.9. The number of phenolic OH excluding ortho intramolecular Hbond substituents is 1. The van der Waals surface area contributed by atoms with Crippen LogP contribution in [0, 0.1) is 6.92 Å². The monoisotopic (exact) mass is 528 g/mol. The number of hydrogen-bond acceptors (Lipinski definition) is 7. The van der Waals surface area contributed by atoms with Crippen LogP contribution in [0.2, 0.25) is 0 Å². The maximum atomic E-state index is 13.2. The number of likely N-dealkylation sites (tertiary alicyclic amines) is 1. The lowest BCUT2D eigenvalue weighted by atomic mass is 9.49. The summed E-state index contributed by atoms with van der Waals surface area (Å²) in [7, 11) is 2.09. The number of likely N-dealkylation sites (N-methyl/N-ethyl adjacent to an activating group) is 1. The Morgan fingerprint density at radius 1 is 1.10 bits per heavy atom. The molecule has 4 N–H and O–H groups in total. The quantitative estimate of drug-likeness (QED) is 0.399. The first kappa shape index (κ1) is 25.8. The van der Waals surface area contributed by atoms with E-state index < -0.39 is 11.0 Å². The van der Waals surface area contributed by atoms with Gasteiger partial charge >= 0.3 is 0 Å². The van der Waals surface area contributed by atoms with E-state index in [2.05, 4.69) is 27.2 Å². The highest BCUT2D eigenvalue weighted by Gasteiger charge is 2.63. The SMILES string of the molecule is Cc1ncc(-c2ccc(CCNC(=O)c3ccc4c(c3O)[C@@]35CCCC[C@@]3(O)[C@@H](C4)N(C)CC5)cc2)c(O)n1. The molecule has 3 aliphatic rings. The van der Waals surface area contributed by atoms with Crippen molar-refractivity contribution in [1.29, 1.82) is 0 Å². The lowest BCUT2D eigenvalue weighted by Crippen LogP contribution is -2.71. The van der Waals surface area contributed by atoms with Crippen molar-refractivity contribution in [3.63, 3.8) is 0 Å². The van der Waals surface area contributed by atoms with Crippen LogP contribution < -0.4 is 5.32 Å². The molecule has 2 heterocycles. The second kappa shape index (κ2) is 9.61. The van der Waals surface area contributed by atoms with Gasteiger partial charge in [0, 0.05) is 29.8 Å². The van der Waals surface area contributed by atoms with Crippen LogP contribution in [0.3, 0.4) is 0 Å². The number of fused-ring (bicyclic) bond motifs is 1. The van der Waals surface area contributed by atoms with Gasteiger partial charge in [0.2, 0.25) is 5.88 Å². The third-order valence-electron chi connectivity index (χ3n) is 9.47. The van der Waals surface area contributed by atoms with E-state index >= 15 is 0 Å². The van der Waals surface area contributed by atoms with E-state index in [0.717, 1.165) is 60.9 Å². The van der Waals surface area contributed by atoms with Crippen molar-refractivity contribution in [2.75, 3.05) is 20.1 Å². The Balaban J connectivity index is 1.18. The number of nitrogens with zero attached hydrogens (tertiary/aromatic N) is 3. The Hall–Kier alpha value is -3.49. The van der Waals surface area contributed by atoms with Crippen LogP contribution in [0.25, 0.3) is 11.1 Å². The summed E-state index contributed by atoms with van der Waals surface area (Å²) in [5, 5.41) is 36.6. The first-order chi connectivity index (χ1) is 18.7. The molecule has 0 spiro atoms. The summed E-state index contributed by atoms with van der Waals surface area (Å²) < 4.78 is 0. The summed E-state index contributed by atoms with van der Waals surface area (Å²) in [4.78, 5) is 23.7. The Morgan fingerprint density at radius 2 is 1.87 bits per heavy atom. The summed E-state index contributed by atoms with van der Waals surface area (Å²) >= 11 is 0. The van der Waals surface area contributed by atoms with Crippen LogP contribution in [0.4, 0.5) is 0 Å². The van der Waals surface area contributed by atoms with Gasteiger partial charge in [0.05, 0.1) is 16.7 Å². The number of amides is 1. The van der Waals surface area contributed by atoms with E-state index in [1.54, 1.807) is 19.2 Å². The average Bonchev–Trinajstić information content (AvgIpc) is 2.91. The molecule has 204 valence electrons. The van der Waals surface area contributed by atoms with Crippen LogP contribution in [-0.2, 0) is 18.3 Å². The predicted molar refractivity (Wildman–Crippen MR) is 148 cm³/mol. The van der Waals surface area contributed by atoms with Gasteiger partial charge in [-0.25, -0.2) is 4.98 Å². The van der Waals surface area contributed by atoms with Gasteiger partial charge in [-0.3, -0.25) is 4.79 Å². The number of aromatic hydroxyl groups is 2. The van der Waals surface area contributed by atoms with Crippen LogP contribution >= 0.6 is 0 Å². The maximum absolute atomic E-state index is 13.2. The van der Waals surface area contributed by atoms with E-state index in [1.807, 2.05) is 30.3 Å². The minimum atomic E-state index is -0.883. The number of nitrogens with one attached hydrogen (secondary N) is 1. The second-order valence-electron chi connectivity index (χ2n) is 11.5. The van der Waals surface area contributed by atoms with Crippen molar-refractivity contribution in [2.45, 2.75) is 68.9 Å². The maximum Gasteiger partial charge on any atom is 0.255 e. The summed E-state index contributed by atoms with van der Waals surface area (Å²) in [5.74, 6) is 0.199. The van der Waals surface area contributed by atoms with E-state index in [9.17, 15) is 20.1 Å². The largest absolute Gasteiger partial charge is 0.507 e. The third kappa shape index (κ3) is 4.08. The Bertz CT molecular complexity index is 1420. The number of piperidine rings is 1. The normalized spacial score (nSPS) is 26.0. The molecular weight excluding hydrogens is 492 g/mol. The number of aliphatic hydroxyl groups is 1. The number of aryl methyl sites for hydroxylation is 1. The lowest BCUT2D eigenvalue weighted by Gasteiger charge is -2.63. The van der Waals surface area contributed by atoms with Crippen LogP contribution in [0.15, 0.2) is 42.6 Å². The van der Waals surface area contributed by atoms with Crippen LogP contribution in [-0.4, -0.2) is 67.9 Å². The summed E-state index contributed by atoms with van der Waals surface area (Å²) in [6.07, 6.45) is 7.26. The van der Waals surface area contributed by atoms with Crippen LogP contribution in [0.5, 0.6) is 11.6 Å². The number of hydrogen-bond donors (Lipinski definition) is 4. The van der Waals surface area contributed by atoms with Crippen molar-refractivity contribution in [3.05, 3.63) is 70.7 Å². The second-order valence-corrected chi connectivity index (χ2v) is 11.5. The van der Waals surface area contributed by atoms with Gasteiger partial charge in [0.15, 0.2) is 0 Å². The lowest BCUT2D eigenvalue weighted by molar-refractivity contribution is -0.161. The van der Waals surface area contributed by atoms with Crippen molar-refractivity contribution < 1.29 is 20.1 Å². The van der Waals surface area contributed by atoms with Crippen molar-refractivity contribution in [1.82, 2.24) is 20.2 Å². The standard InChI is InChI=1S/C31H36N4O4/c1-19-33-18-24(29(38)34-19)21-7-5-20(6-8-21)11-15-32-28(37)23-10-9-22-17-25-31(39)13-4-3-12-30(31,14-16-35(25)2)26(22)27(23)36/h5-10,18,25,36,39H,3-4,11-17H2,1-2H3,(H,32,37)(H,33,34,38)/t25-,30+,31-/m1/s1. The molecule has 6 rings (SSSR count). The Kier molecular flexibility index (Phi) is 6.35. The molecule has 3 atom stereocenters. The molecule has 3 aromatic rings. The van der Waals surface area contributed by atoms with E-state index in [4.69, 9.17) is 0 Å². The number of phenols is 1. The molecule has 8 heteroatoms. The molecule has 1 aromatic heterocycles. The third-order valence-corrected chi connectivity index (χ3v) is 9.47. The fraction of sp³-hybridized carbons (Fsp3) is 0.452. The van der Waals surface area contributed by atoms with Gasteiger partial charge in [0.1, 0.15) is 11.6 Å². The topological polar surface area (TPSA) is 119 Å². The first-order valence-corrected chi connectivity index (χ1v) is 13.9. The molecule has 0 unspecified atom stereocenters. The highest BCUT2D eigenvalue weighted by Crippen LogP contribution is 2.60. The summed E-state index contributed by atoms with van der Waals surface area (Å²) in [6.45, 7) is 3.01. The minimum absolute atomic E-state index is 0.0343. The summed E-state index contributed by atoms with van der Waals surface area (Å²) in [6, 6.07) is 11.5. The average molecular weight is 529 g/mol. The molecule has 39 heavy (non-hydrogen) atoms. The zero-order valence-electron chi connectivity index (χ0n) is 22.6. The number of carbonyl (C=O) groups excluding carboxylic acids is 1. The summed E-state index contributed by atoms with van der Waals surface area (Å²) in [5.41, 5.74) is 3.17. The minimum Gasteiger partial charge on any atom is -0.507 e. The van der Waals surface area contributed by atoms with Gasteiger partial charge in [0.25, 0.3) is 5.91 Å². The highest BCUT2D eigenvalue weighted by atomic mass is 16.3. The Morgan fingerprint density at radius 3 is 2.64 bits per heavy atom.